The number of carboxylic acid groups (broad SMARTS) is 1. The number of nitrogens with zero attached hydrogens (tertiary/aromatic N) is 3. The Morgan fingerprint density at radius 1 is 1.12 bits per heavy atom. The monoisotopic (exact) mass is 508 g/mol. The number of hydrogen-bond donors (Lipinski definition) is 2. The number of ether oxygens (including phenoxy) is 1. The summed E-state index contributed by atoms with van der Waals surface area (Å²) in [7, 11) is 0. The fourth-order valence-corrected chi connectivity index (χ4v) is 5.36. The molecule has 12 heteroatoms. The number of aliphatic carboxylic acids is 1. The Morgan fingerprint density at radius 2 is 1.84 bits per heavy atom. The van der Waals surface area contributed by atoms with Crippen LogP contribution in [0.2, 0.25) is 5.02 Å². The van der Waals surface area contributed by atoms with Gasteiger partial charge >= 0.3 is 5.97 Å². The van der Waals surface area contributed by atoms with E-state index in [0.717, 1.165) is 9.90 Å². The molecule has 32 heavy (non-hydrogen) atoms. The van der Waals surface area contributed by atoms with Crippen LogP contribution in [0.4, 0.5) is 0 Å². The average molecular weight is 509 g/mol. The maximum Gasteiger partial charge on any atom is 0.341 e. The van der Waals surface area contributed by atoms with Crippen LogP contribution in [0, 0.1) is 0 Å². The zero-order valence-electron chi connectivity index (χ0n) is 16.4. The Hall–Kier alpha value is -2.60. The van der Waals surface area contributed by atoms with E-state index < -0.39 is 12.6 Å². The van der Waals surface area contributed by atoms with Crippen LogP contribution in [0.1, 0.15) is 11.1 Å². The highest BCUT2D eigenvalue weighted by molar-refractivity contribution is 8.03. The SMILES string of the molecule is O=C(O)COc1ccccc1C=NNC(=O)CSc1nnc(SCc2ccccc2Cl)s1. The summed E-state index contributed by atoms with van der Waals surface area (Å²) >= 11 is 10.4. The van der Waals surface area contributed by atoms with Crippen molar-refractivity contribution in [2.24, 2.45) is 5.10 Å². The second kappa shape index (κ2) is 12.4. The molecule has 3 aromatic rings. The van der Waals surface area contributed by atoms with E-state index in [-0.39, 0.29) is 11.7 Å². The quantitative estimate of drug-likeness (QED) is 0.225. The minimum Gasteiger partial charge on any atom is -0.481 e. The molecule has 0 aliphatic carbocycles. The fraction of sp³-hybridized carbons (Fsp3) is 0.150. The van der Waals surface area contributed by atoms with Crippen LogP contribution in [0.3, 0.4) is 0 Å². The van der Waals surface area contributed by atoms with Gasteiger partial charge in [0.1, 0.15) is 5.75 Å². The molecule has 0 unspecified atom stereocenters. The Bertz CT molecular complexity index is 1110. The zero-order chi connectivity index (χ0) is 22.8. The van der Waals surface area contributed by atoms with Crippen molar-refractivity contribution in [3.63, 3.8) is 0 Å². The van der Waals surface area contributed by atoms with Gasteiger partial charge in [-0.2, -0.15) is 5.10 Å². The van der Waals surface area contributed by atoms with Gasteiger partial charge in [-0.3, -0.25) is 4.79 Å². The molecular formula is C20H17ClN4O4S3. The second-order valence-corrected chi connectivity index (χ2v) is 9.85. The Morgan fingerprint density at radius 3 is 2.62 bits per heavy atom. The van der Waals surface area contributed by atoms with Gasteiger partial charge in [0, 0.05) is 16.3 Å². The third kappa shape index (κ3) is 7.83. The molecule has 0 aliphatic heterocycles. The van der Waals surface area contributed by atoms with Gasteiger partial charge in [-0.15, -0.1) is 10.2 Å². The minimum atomic E-state index is -1.08. The highest BCUT2D eigenvalue weighted by atomic mass is 35.5. The summed E-state index contributed by atoms with van der Waals surface area (Å²) in [6.45, 7) is -0.464. The number of rotatable bonds is 11. The molecule has 0 bridgehead atoms. The number of aromatic nitrogens is 2. The van der Waals surface area contributed by atoms with E-state index >= 15 is 0 Å². The summed E-state index contributed by atoms with van der Waals surface area (Å²) in [6, 6.07) is 14.4. The minimum absolute atomic E-state index is 0.123. The Labute approximate surface area is 201 Å². The van der Waals surface area contributed by atoms with Crippen molar-refractivity contribution in [1.29, 1.82) is 0 Å². The number of hydrogen-bond acceptors (Lipinski definition) is 9. The zero-order valence-corrected chi connectivity index (χ0v) is 19.6. The number of carboxylic acids is 1. The van der Waals surface area contributed by atoms with Crippen molar-refractivity contribution in [2.45, 2.75) is 14.4 Å². The van der Waals surface area contributed by atoms with Crippen LogP contribution in [-0.2, 0) is 15.3 Å². The first kappa shape index (κ1) is 24.1. The molecule has 0 spiro atoms. The number of hydrazone groups is 1. The predicted molar refractivity (Wildman–Crippen MR) is 127 cm³/mol. The topological polar surface area (TPSA) is 114 Å². The third-order valence-corrected chi connectivity index (χ3v) is 7.29. The number of amides is 1. The molecule has 0 aliphatic rings. The molecule has 2 N–H and O–H groups in total. The molecule has 8 nitrogen and oxygen atoms in total. The molecule has 2 aromatic carbocycles. The van der Waals surface area contributed by atoms with E-state index in [1.165, 1.54) is 41.1 Å². The van der Waals surface area contributed by atoms with Gasteiger partial charge < -0.3 is 9.84 Å². The average Bonchev–Trinajstić information content (AvgIpc) is 3.24. The summed E-state index contributed by atoms with van der Waals surface area (Å²) in [5.74, 6) is -0.220. The van der Waals surface area contributed by atoms with Crippen LogP contribution in [0.5, 0.6) is 5.75 Å². The van der Waals surface area contributed by atoms with Crippen molar-refractivity contribution in [3.8, 4) is 5.75 Å². The largest absolute Gasteiger partial charge is 0.481 e. The molecule has 1 heterocycles. The molecule has 166 valence electrons. The van der Waals surface area contributed by atoms with E-state index in [1.807, 2.05) is 24.3 Å². The lowest BCUT2D eigenvalue weighted by Gasteiger charge is -2.06. The highest BCUT2D eigenvalue weighted by Crippen LogP contribution is 2.32. The smallest absolute Gasteiger partial charge is 0.341 e. The molecule has 0 saturated carbocycles. The summed E-state index contributed by atoms with van der Waals surface area (Å²) in [6.07, 6.45) is 1.40. The fourth-order valence-electron chi connectivity index (χ4n) is 2.26. The number of nitrogens with one attached hydrogen (secondary N) is 1. The van der Waals surface area contributed by atoms with Crippen molar-refractivity contribution >= 4 is 64.6 Å². The summed E-state index contributed by atoms with van der Waals surface area (Å²) in [4.78, 5) is 22.7. The van der Waals surface area contributed by atoms with Crippen molar-refractivity contribution in [3.05, 3.63) is 64.7 Å². The van der Waals surface area contributed by atoms with Gasteiger partial charge in [-0.1, -0.05) is 76.8 Å². The van der Waals surface area contributed by atoms with Gasteiger partial charge in [-0.05, 0) is 23.8 Å². The second-order valence-electron chi connectivity index (χ2n) is 6.02. The maximum absolute atomic E-state index is 12.0. The van der Waals surface area contributed by atoms with E-state index in [9.17, 15) is 9.59 Å². The number of halogens is 1. The Kier molecular flexibility index (Phi) is 9.35. The van der Waals surface area contributed by atoms with Gasteiger partial charge in [0.25, 0.3) is 5.91 Å². The van der Waals surface area contributed by atoms with E-state index in [2.05, 4.69) is 20.7 Å². The van der Waals surface area contributed by atoms with Crippen LogP contribution in [0.25, 0.3) is 0 Å². The molecule has 0 saturated heterocycles. The summed E-state index contributed by atoms with van der Waals surface area (Å²) in [5.41, 5.74) is 4.00. The van der Waals surface area contributed by atoms with Crippen LogP contribution >= 0.6 is 46.5 Å². The lowest BCUT2D eigenvalue weighted by Crippen LogP contribution is -2.19. The lowest BCUT2D eigenvalue weighted by molar-refractivity contribution is -0.139. The maximum atomic E-state index is 12.0. The van der Waals surface area contributed by atoms with E-state index in [0.29, 0.717) is 26.4 Å². The number of para-hydroxylation sites is 1. The summed E-state index contributed by atoms with van der Waals surface area (Å²) < 4.78 is 6.66. The predicted octanol–water partition coefficient (Wildman–Crippen LogP) is 4.19. The van der Waals surface area contributed by atoms with E-state index in [1.54, 1.807) is 24.3 Å². The molecule has 3 rings (SSSR count). The molecule has 0 fully saturated rings. The van der Waals surface area contributed by atoms with E-state index in [4.69, 9.17) is 21.4 Å². The lowest BCUT2D eigenvalue weighted by atomic mass is 10.2. The molecule has 1 amide bonds. The summed E-state index contributed by atoms with van der Waals surface area (Å²) in [5, 5.41) is 21.6. The Balaban J connectivity index is 1.44. The first-order chi connectivity index (χ1) is 15.5. The third-order valence-electron chi connectivity index (χ3n) is 3.69. The van der Waals surface area contributed by atoms with Crippen LogP contribution in [-0.4, -0.2) is 45.8 Å². The van der Waals surface area contributed by atoms with Crippen molar-refractivity contribution in [1.82, 2.24) is 15.6 Å². The van der Waals surface area contributed by atoms with Crippen LogP contribution < -0.4 is 10.2 Å². The van der Waals surface area contributed by atoms with Crippen molar-refractivity contribution in [2.75, 3.05) is 12.4 Å². The molecule has 0 atom stereocenters. The number of benzene rings is 2. The van der Waals surface area contributed by atoms with Crippen molar-refractivity contribution < 1.29 is 19.4 Å². The molecule has 0 radical (unpaired) electrons. The number of thioether (sulfide) groups is 2. The van der Waals surface area contributed by atoms with Crippen LogP contribution in [0.15, 0.2) is 62.3 Å². The normalized spacial score (nSPS) is 10.9. The highest BCUT2D eigenvalue weighted by Gasteiger charge is 2.10. The first-order valence-electron chi connectivity index (χ1n) is 9.09. The van der Waals surface area contributed by atoms with Gasteiger partial charge in [-0.25, -0.2) is 10.2 Å². The first-order valence-corrected chi connectivity index (χ1v) is 12.3. The molecular weight excluding hydrogens is 492 g/mol. The van der Waals surface area contributed by atoms with Gasteiger partial charge in [0.2, 0.25) is 0 Å². The number of carbonyl (C=O) groups excluding carboxylic acids is 1. The number of carbonyl (C=O) groups is 2. The van der Waals surface area contributed by atoms with Gasteiger partial charge in [0.05, 0.1) is 12.0 Å². The van der Waals surface area contributed by atoms with Gasteiger partial charge in [0.15, 0.2) is 15.3 Å². The standard InChI is InChI=1S/C20H17ClN4O4S3/c21-15-7-3-1-6-14(15)11-30-19-24-25-20(32-19)31-12-17(26)23-22-9-13-5-2-4-8-16(13)29-10-18(27)28/h1-9H,10-12H2,(H,23,26)(H,27,28). The molecule has 1 aromatic heterocycles.